The van der Waals surface area contributed by atoms with E-state index in [1.807, 2.05) is 91.0 Å². The lowest BCUT2D eigenvalue weighted by atomic mass is 9.63. The first-order chi connectivity index (χ1) is 21.9. The smallest absolute Gasteiger partial charge is 0.240 e. The summed E-state index contributed by atoms with van der Waals surface area (Å²) in [4.78, 5) is 38.3. The molecule has 0 bridgehead atoms. The SMILES string of the molecule is CN(C)C(=O)[C@H]1[C@H](c2ccccn2)[C@@]2(C(=O)Nc3cc(Cl)ccc32)[C@@H](CC(C)(C)C)N1[C@H](c1ccccc1)[C@@H](O)c1ccccc1. The number of carbonyl (C=O) groups is 2. The molecule has 3 heterocycles. The Bertz CT molecular complexity index is 1710. The van der Waals surface area contributed by atoms with Crippen molar-refractivity contribution in [3.05, 3.63) is 131 Å². The number of pyridine rings is 1. The molecule has 1 spiro atoms. The van der Waals surface area contributed by atoms with Crippen molar-refractivity contribution < 1.29 is 14.7 Å². The third-order valence-corrected chi connectivity index (χ3v) is 9.71. The summed E-state index contributed by atoms with van der Waals surface area (Å²) in [6, 6.07) is 28.5. The molecular formula is C38H41ClN4O3. The van der Waals surface area contributed by atoms with Crippen LogP contribution in [0.3, 0.4) is 0 Å². The van der Waals surface area contributed by atoms with Gasteiger partial charge in [0, 0.05) is 48.7 Å². The van der Waals surface area contributed by atoms with Crippen molar-refractivity contribution >= 4 is 29.1 Å². The summed E-state index contributed by atoms with van der Waals surface area (Å²) in [5, 5.41) is 16.1. The first-order valence-corrected chi connectivity index (χ1v) is 16.1. The van der Waals surface area contributed by atoms with E-state index in [0.717, 1.165) is 16.7 Å². The van der Waals surface area contributed by atoms with Gasteiger partial charge in [-0.2, -0.15) is 0 Å². The molecule has 1 saturated heterocycles. The van der Waals surface area contributed by atoms with Gasteiger partial charge in [0.15, 0.2) is 0 Å². The average Bonchev–Trinajstić information content (AvgIpc) is 3.48. The summed E-state index contributed by atoms with van der Waals surface area (Å²) >= 11 is 6.48. The van der Waals surface area contributed by atoms with E-state index in [0.29, 0.717) is 22.8 Å². The lowest BCUT2D eigenvalue weighted by Gasteiger charge is -2.44. The zero-order valence-corrected chi connectivity index (χ0v) is 27.6. The average molecular weight is 637 g/mol. The minimum atomic E-state index is -1.23. The standard InChI is InChI=1S/C38H41ClN4O3/c1-37(2,3)23-30-38(27-20-19-26(39)22-29(27)41-36(38)46)31(28-18-12-13-21-40-28)33(35(45)42(4)5)43(30)32(24-14-8-6-9-15-24)34(44)25-16-10-7-11-17-25/h6-22,30-34,44H,23H2,1-5H3,(H,41,46)/t30-,31+,32-,33-,34+,38+/m1/s1. The number of anilines is 1. The van der Waals surface area contributed by atoms with Crippen molar-refractivity contribution in [1.29, 1.82) is 0 Å². The van der Waals surface area contributed by atoms with Crippen molar-refractivity contribution in [2.75, 3.05) is 19.4 Å². The first-order valence-electron chi connectivity index (χ1n) is 15.7. The van der Waals surface area contributed by atoms with Crippen LogP contribution in [0.1, 0.15) is 67.6 Å². The van der Waals surface area contributed by atoms with E-state index in [-0.39, 0.29) is 17.2 Å². The van der Waals surface area contributed by atoms with Gasteiger partial charge in [-0.15, -0.1) is 0 Å². The Kier molecular flexibility index (Phi) is 8.53. The molecule has 0 saturated carbocycles. The third-order valence-electron chi connectivity index (χ3n) is 9.47. The quantitative estimate of drug-likeness (QED) is 0.234. The largest absolute Gasteiger partial charge is 0.386 e. The zero-order valence-electron chi connectivity index (χ0n) is 26.9. The van der Waals surface area contributed by atoms with Crippen molar-refractivity contribution in [3.8, 4) is 0 Å². The fraction of sp³-hybridized carbons (Fsp3) is 0.342. The minimum absolute atomic E-state index is 0.164. The van der Waals surface area contributed by atoms with Crippen LogP contribution in [0, 0.1) is 5.41 Å². The molecule has 8 heteroatoms. The van der Waals surface area contributed by atoms with Crippen LogP contribution in [0.4, 0.5) is 5.69 Å². The molecule has 2 aliphatic rings. The maximum atomic E-state index is 14.9. The van der Waals surface area contributed by atoms with Gasteiger partial charge in [-0.25, -0.2) is 0 Å². The number of hydrogen-bond donors (Lipinski definition) is 2. The minimum Gasteiger partial charge on any atom is -0.386 e. The first kappa shape index (κ1) is 31.9. The summed E-state index contributed by atoms with van der Waals surface area (Å²) in [6.45, 7) is 6.45. The lowest BCUT2D eigenvalue weighted by Crippen LogP contribution is -2.53. The molecule has 4 aromatic rings. The second-order valence-corrected chi connectivity index (χ2v) is 14.3. The molecule has 3 aromatic carbocycles. The zero-order chi connectivity index (χ0) is 32.8. The molecule has 2 aliphatic heterocycles. The number of hydrogen-bond acceptors (Lipinski definition) is 5. The number of rotatable bonds is 7. The van der Waals surface area contributed by atoms with E-state index in [1.165, 1.54) is 0 Å². The van der Waals surface area contributed by atoms with E-state index in [2.05, 4.69) is 31.0 Å². The fourth-order valence-electron chi connectivity index (χ4n) is 7.73. The molecule has 0 unspecified atom stereocenters. The molecule has 0 aliphatic carbocycles. The number of halogens is 1. The Hall–Kier alpha value is -4.04. The number of likely N-dealkylation sites (N-methyl/N-ethyl adjacent to an activating group) is 1. The van der Waals surface area contributed by atoms with Crippen molar-refractivity contribution in [3.63, 3.8) is 0 Å². The van der Waals surface area contributed by atoms with E-state index < -0.39 is 35.6 Å². The number of carbonyl (C=O) groups excluding carboxylic acids is 2. The molecule has 6 rings (SSSR count). The monoisotopic (exact) mass is 636 g/mol. The highest BCUT2D eigenvalue weighted by Crippen LogP contribution is 2.62. The molecule has 46 heavy (non-hydrogen) atoms. The predicted molar refractivity (Wildman–Crippen MR) is 182 cm³/mol. The van der Waals surface area contributed by atoms with Gasteiger partial charge in [0.2, 0.25) is 11.8 Å². The Morgan fingerprint density at radius 2 is 1.61 bits per heavy atom. The maximum absolute atomic E-state index is 14.9. The van der Waals surface area contributed by atoms with Gasteiger partial charge in [-0.1, -0.05) is 105 Å². The Labute approximate surface area is 276 Å². The van der Waals surface area contributed by atoms with E-state index >= 15 is 0 Å². The van der Waals surface area contributed by atoms with Crippen molar-refractivity contribution in [1.82, 2.24) is 14.8 Å². The highest BCUT2D eigenvalue weighted by molar-refractivity contribution is 6.31. The Morgan fingerprint density at radius 1 is 0.978 bits per heavy atom. The summed E-state index contributed by atoms with van der Waals surface area (Å²) in [5.74, 6) is -1.05. The normalized spacial score (nSPS) is 24.0. The van der Waals surface area contributed by atoms with Crippen LogP contribution < -0.4 is 5.32 Å². The van der Waals surface area contributed by atoms with Gasteiger partial charge in [-0.3, -0.25) is 19.5 Å². The number of benzene rings is 3. The lowest BCUT2D eigenvalue weighted by molar-refractivity contribution is -0.137. The van der Waals surface area contributed by atoms with Crippen LogP contribution >= 0.6 is 11.6 Å². The summed E-state index contributed by atoms with van der Waals surface area (Å²) in [7, 11) is 3.49. The summed E-state index contributed by atoms with van der Waals surface area (Å²) in [5.41, 5.74) is 2.13. The number of aliphatic hydroxyl groups excluding tert-OH is 1. The number of nitrogens with zero attached hydrogens (tertiary/aromatic N) is 3. The Balaban J connectivity index is 1.73. The second kappa shape index (κ2) is 12.3. The maximum Gasteiger partial charge on any atom is 0.240 e. The van der Waals surface area contributed by atoms with Gasteiger partial charge >= 0.3 is 0 Å². The number of aromatic nitrogens is 1. The second-order valence-electron chi connectivity index (χ2n) is 13.9. The molecule has 7 nitrogen and oxygen atoms in total. The highest BCUT2D eigenvalue weighted by atomic mass is 35.5. The third kappa shape index (κ3) is 5.40. The van der Waals surface area contributed by atoms with Gasteiger partial charge in [0.1, 0.15) is 11.5 Å². The molecule has 0 radical (unpaired) electrons. The van der Waals surface area contributed by atoms with E-state index in [1.54, 1.807) is 31.3 Å². The number of fused-ring (bicyclic) bond motifs is 2. The van der Waals surface area contributed by atoms with Crippen LogP contribution in [0.25, 0.3) is 0 Å². The van der Waals surface area contributed by atoms with Crippen LogP contribution in [-0.2, 0) is 15.0 Å². The van der Waals surface area contributed by atoms with Crippen molar-refractivity contribution in [2.24, 2.45) is 5.41 Å². The number of amides is 2. The summed E-state index contributed by atoms with van der Waals surface area (Å²) < 4.78 is 0. The number of aliphatic hydroxyl groups is 1. The van der Waals surface area contributed by atoms with Crippen LogP contribution in [-0.4, -0.2) is 57.9 Å². The van der Waals surface area contributed by atoms with Gasteiger partial charge in [0.05, 0.1) is 12.1 Å². The van der Waals surface area contributed by atoms with Gasteiger partial charge < -0.3 is 15.3 Å². The molecule has 2 amide bonds. The van der Waals surface area contributed by atoms with Gasteiger partial charge in [0.25, 0.3) is 0 Å². The molecule has 1 fully saturated rings. The highest BCUT2D eigenvalue weighted by Gasteiger charge is 2.70. The van der Waals surface area contributed by atoms with Gasteiger partial charge in [-0.05, 0) is 52.8 Å². The van der Waals surface area contributed by atoms with Crippen LogP contribution in [0.15, 0.2) is 103 Å². The molecule has 2 N–H and O–H groups in total. The predicted octanol–water partition coefficient (Wildman–Crippen LogP) is 6.76. The Morgan fingerprint density at radius 3 is 2.20 bits per heavy atom. The molecule has 6 atom stereocenters. The molecule has 1 aromatic heterocycles. The van der Waals surface area contributed by atoms with E-state index in [4.69, 9.17) is 16.6 Å². The topological polar surface area (TPSA) is 85.8 Å². The van der Waals surface area contributed by atoms with Crippen molar-refractivity contribution in [2.45, 2.75) is 62.8 Å². The number of nitrogens with one attached hydrogen (secondary N) is 1. The van der Waals surface area contributed by atoms with Crippen LogP contribution in [0.2, 0.25) is 5.02 Å². The van der Waals surface area contributed by atoms with Crippen LogP contribution in [0.5, 0.6) is 0 Å². The molecular weight excluding hydrogens is 596 g/mol. The number of likely N-dealkylation sites (tertiary alicyclic amines) is 1. The van der Waals surface area contributed by atoms with E-state index in [9.17, 15) is 14.7 Å². The molecule has 238 valence electrons. The fourth-order valence-corrected chi connectivity index (χ4v) is 7.90. The summed E-state index contributed by atoms with van der Waals surface area (Å²) in [6.07, 6.45) is 1.25.